The van der Waals surface area contributed by atoms with Crippen LogP contribution in [0.4, 0.5) is 0 Å². The fourth-order valence-electron chi connectivity index (χ4n) is 2.66. The summed E-state index contributed by atoms with van der Waals surface area (Å²) in [4.78, 5) is 12.6. The molecule has 1 amide bonds. The van der Waals surface area contributed by atoms with Gasteiger partial charge in [0.1, 0.15) is 5.69 Å². The average molecular weight is 362 g/mol. The molecule has 1 aromatic carbocycles. The highest BCUT2D eigenvalue weighted by Crippen LogP contribution is 2.28. The summed E-state index contributed by atoms with van der Waals surface area (Å²) in [6, 6.07) is 8.33. The molecular weight excluding hydrogens is 334 g/mol. The number of carbonyl (C=O) groups is 1. The van der Waals surface area contributed by atoms with Gasteiger partial charge in [0.2, 0.25) is 0 Å². The Labute approximate surface area is 155 Å². The van der Waals surface area contributed by atoms with Crippen LogP contribution in [-0.2, 0) is 19.0 Å². The number of hydrogen-bond acceptors (Lipinski definition) is 2. The highest BCUT2D eigenvalue weighted by atomic mass is 35.5. The largest absolute Gasteiger partial charge is 0.347 e. The third-order valence-corrected chi connectivity index (χ3v) is 4.95. The van der Waals surface area contributed by atoms with Crippen LogP contribution in [0.15, 0.2) is 24.3 Å². The van der Waals surface area contributed by atoms with E-state index >= 15 is 0 Å². The van der Waals surface area contributed by atoms with E-state index in [1.54, 1.807) is 11.7 Å². The van der Waals surface area contributed by atoms with Crippen molar-refractivity contribution in [2.24, 2.45) is 7.05 Å². The minimum absolute atomic E-state index is 0.121. The highest BCUT2D eigenvalue weighted by molar-refractivity contribution is 6.34. The van der Waals surface area contributed by atoms with E-state index in [-0.39, 0.29) is 17.2 Å². The topological polar surface area (TPSA) is 46.9 Å². The number of rotatable bonds is 5. The molecule has 0 radical (unpaired) electrons. The summed E-state index contributed by atoms with van der Waals surface area (Å²) in [5.74, 6) is 0.0274. The molecule has 0 bridgehead atoms. The Bertz CT molecular complexity index is 742. The van der Waals surface area contributed by atoms with Crippen molar-refractivity contribution < 1.29 is 4.79 Å². The van der Waals surface area contributed by atoms with Crippen LogP contribution < -0.4 is 5.32 Å². The molecule has 1 heterocycles. The zero-order valence-electron chi connectivity index (χ0n) is 16.0. The first-order valence-corrected chi connectivity index (χ1v) is 9.13. The van der Waals surface area contributed by atoms with E-state index < -0.39 is 0 Å². The molecule has 0 saturated heterocycles. The Morgan fingerprint density at radius 2 is 1.88 bits per heavy atom. The summed E-state index contributed by atoms with van der Waals surface area (Å²) in [5.41, 5.74) is 3.66. The second-order valence-corrected chi connectivity index (χ2v) is 7.99. The van der Waals surface area contributed by atoms with E-state index in [2.05, 4.69) is 69.3 Å². The summed E-state index contributed by atoms with van der Waals surface area (Å²) < 4.78 is 1.57. The monoisotopic (exact) mass is 361 g/mol. The van der Waals surface area contributed by atoms with Gasteiger partial charge in [-0.25, -0.2) is 0 Å². The van der Waals surface area contributed by atoms with Crippen LogP contribution in [0.3, 0.4) is 0 Å². The molecule has 0 aliphatic heterocycles. The molecule has 5 heteroatoms. The molecule has 1 atom stereocenters. The number of amides is 1. The van der Waals surface area contributed by atoms with Crippen molar-refractivity contribution >= 4 is 17.5 Å². The number of nitrogens with zero attached hydrogens (tertiary/aromatic N) is 2. The average Bonchev–Trinajstić information content (AvgIpc) is 2.86. The predicted octanol–water partition coefficient (Wildman–Crippen LogP) is 4.81. The molecule has 136 valence electrons. The van der Waals surface area contributed by atoms with E-state index in [4.69, 9.17) is 11.6 Å². The van der Waals surface area contributed by atoms with Crippen molar-refractivity contribution in [2.45, 2.75) is 58.9 Å². The molecule has 4 nitrogen and oxygen atoms in total. The van der Waals surface area contributed by atoms with Gasteiger partial charge in [-0.05, 0) is 23.0 Å². The summed E-state index contributed by atoms with van der Waals surface area (Å²) in [5, 5.41) is 7.82. The standard InChI is InChI=1S/C20H28ClN3O/c1-7-13(2)17-16(21)18(24(6)23-17)19(25)22-12-14-8-10-15(11-9-14)20(3,4)5/h8-11,13H,7,12H2,1-6H3,(H,22,25). The fourth-order valence-corrected chi connectivity index (χ4v) is 3.09. The minimum Gasteiger partial charge on any atom is -0.347 e. The van der Waals surface area contributed by atoms with Crippen molar-refractivity contribution in [3.63, 3.8) is 0 Å². The lowest BCUT2D eigenvalue weighted by Gasteiger charge is -2.19. The maximum absolute atomic E-state index is 12.6. The summed E-state index contributed by atoms with van der Waals surface area (Å²) in [7, 11) is 1.75. The van der Waals surface area contributed by atoms with Crippen LogP contribution in [0.2, 0.25) is 5.02 Å². The molecular formula is C20H28ClN3O. The summed E-state index contributed by atoms with van der Waals surface area (Å²) in [6.45, 7) is 11.2. The molecule has 0 saturated carbocycles. The van der Waals surface area contributed by atoms with Crippen LogP contribution in [0.5, 0.6) is 0 Å². The predicted molar refractivity (Wildman–Crippen MR) is 103 cm³/mol. The number of nitrogens with one attached hydrogen (secondary N) is 1. The SMILES string of the molecule is CCC(C)c1nn(C)c(C(=O)NCc2ccc(C(C)(C)C)cc2)c1Cl. The fraction of sp³-hybridized carbons (Fsp3) is 0.500. The second kappa shape index (κ2) is 7.61. The molecule has 0 aliphatic carbocycles. The number of aryl methyl sites for hydroxylation is 1. The van der Waals surface area contributed by atoms with Crippen LogP contribution >= 0.6 is 11.6 Å². The van der Waals surface area contributed by atoms with Gasteiger partial charge in [0.15, 0.2) is 0 Å². The van der Waals surface area contributed by atoms with Crippen LogP contribution in [0.1, 0.15) is 74.3 Å². The van der Waals surface area contributed by atoms with Crippen LogP contribution in [0, 0.1) is 0 Å². The number of carbonyl (C=O) groups excluding carboxylic acids is 1. The highest BCUT2D eigenvalue weighted by Gasteiger charge is 2.23. The molecule has 0 aliphatic rings. The third kappa shape index (κ3) is 4.43. The van der Waals surface area contributed by atoms with Crippen LogP contribution in [-0.4, -0.2) is 15.7 Å². The molecule has 1 N–H and O–H groups in total. The van der Waals surface area contributed by atoms with Crippen molar-refractivity contribution in [3.8, 4) is 0 Å². The Balaban J connectivity index is 2.09. The van der Waals surface area contributed by atoms with Crippen molar-refractivity contribution in [1.82, 2.24) is 15.1 Å². The normalized spacial score (nSPS) is 12.9. The molecule has 0 spiro atoms. The molecule has 25 heavy (non-hydrogen) atoms. The molecule has 2 aromatic rings. The maximum atomic E-state index is 12.6. The van der Waals surface area contributed by atoms with Gasteiger partial charge in [-0.15, -0.1) is 0 Å². The molecule has 1 aromatic heterocycles. The van der Waals surface area contributed by atoms with E-state index in [0.717, 1.165) is 17.7 Å². The summed E-state index contributed by atoms with van der Waals surface area (Å²) >= 11 is 6.41. The first kappa shape index (κ1) is 19.5. The van der Waals surface area contributed by atoms with E-state index in [9.17, 15) is 4.79 Å². The number of halogens is 1. The Morgan fingerprint density at radius 1 is 1.28 bits per heavy atom. The van der Waals surface area contributed by atoms with E-state index in [1.807, 2.05) is 0 Å². The number of benzene rings is 1. The van der Waals surface area contributed by atoms with Gasteiger partial charge in [0.25, 0.3) is 5.91 Å². The second-order valence-electron chi connectivity index (χ2n) is 7.61. The Morgan fingerprint density at radius 3 is 2.40 bits per heavy atom. The molecule has 1 unspecified atom stereocenters. The van der Waals surface area contributed by atoms with Crippen molar-refractivity contribution in [2.75, 3.05) is 0 Å². The lowest BCUT2D eigenvalue weighted by Crippen LogP contribution is -2.25. The van der Waals surface area contributed by atoms with Gasteiger partial charge in [0.05, 0.1) is 10.7 Å². The van der Waals surface area contributed by atoms with E-state index in [0.29, 0.717) is 17.3 Å². The smallest absolute Gasteiger partial charge is 0.271 e. The van der Waals surface area contributed by atoms with Gasteiger partial charge in [-0.2, -0.15) is 5.10 Å². The van der Waals surface area contributed by atoms with Crippen molar-refractivity contribution in [1.29, 1.82) is 0 Å². The first-order valence-electron chi connectivity index (χ1n) is 8.75. The van der Waals surface area contributed by atoms with Gasteiger partial charge in [-0.3, -0.25) is 9.48 Å². The van der Waals surface area contributed by atoms with Gasteiger partial charge in [0, 0.05) is 19.5 Å². The van der Waals surface area contributed by atoms with Gasteiger partial charge < -0.3 is 5.32 Å². The minimum atomic E-state index is -0.200. The number of aromatic nitrogens is 2. The Kier molecular flexibility index (Phi) is 5.94. The third-order valence-electron chi connectivity index (χ3n) is 4.58. The lowest BCUT2D eigenvalue weighted by molar-refractivity contribution is 0.0941. The quantitative estimate of drug-likeness (QED) is 0.830. The molecule has 0 fully saturated rings. The molecule has 2 rings (SSSR count). The lowest BCUT2D eigenvalue weighted by atomic mass is 9.87. The zero-order chi connectivity index (χ0) is 18.8. The summed E-state index contributed by atoms with van der Waals surface area (Å²) in [6.07, 6.45) is 0.928. The number of hydrogen-bond donors (Lipinski definition) is 1. The van der Waals surface area contributed by atoms with Gasteiger partial charge in [-0.1, -0.05) is 70.5 Å². The Hall–Kier alpha value is -1.81. The van der Waals surface area contributed by atoms with Crippen LogP contribution in [0.25, 0.3) is 0 Å². The zero-order valence-corrected chi connectivity index (χ0v) is 16.7. The maximum Gasteiger partial charge on any atom is 0.271 e. The van der Waals surface area contributed by atoms with Gasteiger partial charge >= 0.3 is 0 Å². The van der Waals surface area contributed by atoms with Crippen molar-refractivity contribution in [3.05, 3.63) is 51.8 Å². The van der Waals surface area contributed by atoms with E-state index in [1.165, 1.54) is 5.56 Å². The first-order chi connectivity index (χ1) is 11.6.